The maximum absolute atomic E-state index is 12.4. The fourth-order valence-corrected chi connectivity index (χ4v) is 3.41. The number of hydrogen-bond acceptors (Lipinski definition) is 5. The van der Waals surface area contributed by atoms with Crippen LogP contribution in [0, 0.1) is 0 Å². The molecule has 2 N–H and O–H groups in total. The zero-order chi connectivity index (χ0) is 17.9. The molecule has 0 aliphatic carbocycles. The standard InChI is InChI=1S/C17H18N2O5S/c1-2-23-12-7-9-13(10-8-12)25(21,22)18-11-16-17(20)19-14-5-3-4-6-15(14)24-16/h3-10,16,18H,2,11H2,1H3,(H,19,20). The minimum absolute atomic E-state index is 0.0903. The largest absolute Gasteiger partial charge is 0.494 e. The van der Waals surface area contributed by atoms with Crippen LogP contribution in [0.5, 0.6) is 11.5 Å². The highest BCUT2D eigenvalue weighted by Crippen LogP contribution is 2.28. The molecule has 0 radical (unpaired) electrons. The summed E-state index contributed by atoms with van der Waals surface area (Å²) in [6.07, 6.45) is -0.938. The number of para-hydroxylation sites is 2. The number of nitrogens with one attached hydrogen (secondary N) is 2. The minimum atomic E-state index is -3.76. The maximum atomic E-state index is 12.4. The Morgan fingerprint density at radius 3 is 2.60 bits per heavy atom. The van der Waals surface area contributed by atoms with Crippen molar-refractivity contribution in [3.05, 3.63) is 48.5 Å². The molecule has 1 unspecified atom stereocenters. The fourth-order valence-electron chi connectivity index (χ4n) is 2.38. The van der Waals surface area contributed by atoms with Gasteiger partial charge in [-0.1, -0.05) is 12.1 Å². The quantitative estimate of drug-likeness (QED) is 0.817. The molecule has 7 nitrogen and oxygen atoms in total. The lowest BCUT2D eigenvalue weighted by molar-refractivity contribution is -0.123. The smallest absolute Gasteiger partial charge is 0.266 e. The lowest BCUT2D eigenvalue weighted by atomic mass is 10.2. The van der Waals surface area contributed by atoms with Crippen molar-refractivity contribution in [1.29, 1.82) is 0 Å². The van der Waals surface area contributed by atoms with Crippen LogP contribution in [0.1, 0.15) is 6.92 Å². The second-order valence-electron chi connectivity index (χ2n) is 5.35. The van der Waals surface area contributed by atoms with Gasteiger partial charge in [-0.25, -0.2) is 13.1 Å². The van der Waals surface area contributed by atoms with Gasteiger partial charge in [-0.3, -0.25) is 4.79 Å². The number of benzene rings is 2. The van der Waals surface area contributed by atoms with Crippen molar-refractivity contribution < 1.29 is 22.7 Å². The maximum Gasteiger partial charge on any atom is 0.266 e. The van der Waals surface area contributed by atoms with Crippen LogP contribution >= 0.6 is 0 Å². The number of fused-ring (bicyclic) bond motifs is 1. The van der Waals surface area contributed by atoms with Crippen molar-refractivity contribution in [2.24, 2.45) is 0 Å². The van der Waals surface area contributed by atoms with E-state index in [0.29, 0.717) is 23.8 Å². The Morgan fingerprint density at radius 2 is 1.88 bits per heavy atom. The highest BCUT2D eigenvalue weighted by atomic mass is 32.2. The second-order valence-corrected chi connectivity index (χ2v) is 7.12. The van der Waals surface area contributed by atoms with E-state index in [1.54, 1.807) is 36.4 Å². The van der Waals surface area contributed by atoms with Gasteiger partial charge in [-0.15, -0.1) is 0 Å². The Morgan fingerprint density at radius 1 is 1.16 bits per heavy atom. The molecular weight excluding hydrogens is 344 g/mol. The fraction of sp³-hybridized carbons (Fsp3) is 0.235. The normalized spacial score (nSPS) is 16.5. The molecule has 2 aromatic carbocycles. The van der Waals surface area contributed by atoms with E-state index in [2.05, 4.69) is 10.0 Å². The first-order chi connectivity index (χ1) is 12.0. The zero-order valence-corrected chi connectivity index (χ0v) is 14.4. The van der Waals surface area contributed by atoms with Gasteiger partial charge in [0.25, 0.3) is 5.91 Å². The average molecular weight is 362 g/mol. The molecule has 1 aliphatic rings. The van der Waals surface area contributed by atoms with Crippen molar-refractivity contribution in [3.63, 3.8) is 0 Å². The number of hydrogen-bond donors (Lipinski definition) is 2. The first-order valence-electron chi connectivity index (χ1n) is 7.78. The second kappa shape index (κ2) is 7.12. The summed E-state index contributed by atoms with van der Waals surface area (Å²) in [5.41, 5.74) is 0.568. The van der Waals surface area contributed by atoms with E-state index in [4.69, 9.17) is 9.47 Å². The lowest BCUT2D eigenvalue weighted by Crippen LogP contribution is -2.45. The summed E-state index contributed by atoms with van der Waals surface area (Å²) in [4.78, 5) is 12.1. The number of amides is 1. The predicted octanol–water partition coefficient (Wildman–Crippen LogP) is 1.76. The summed E-state index contributed by atoms with van der Waals surface area (Å²) in [5.74, 6) is 0.702. The molecule has 1 aliphatic heterocycles. The molecule has 25 heavy (non-hydrogen) atoms. The van der Waals surface area contributed by atoms with Gasteiger partial charge in [0.05, 0.1) is 23.7 Å². The van der Waals surface area contributed by atoms with Crippen LogP contribution in [0.3, 0.4) is 0 Å². The van der Waals surface area contributed by atoms with Gasteiger partial charge in [0, 0.05) is 0 Å². The van der Waals surface area contributed by atoms with E-state index < -0.39 is 22.0 Å². The van der Waals surface area contributed by atoms with Crippen molar-refractivity contribution >= 4 is 21.6 Å². The van der Waals surface area contributed by atoms with Gasteiger partial charge in [0.2, 0.25) is 10.0 Å². The zero-order valence-electron chi connectivity index (χ0n) is 13.6. The molecule has 1 heterocycles. The Balaban J connectivity index is 1.67. The third-order valence-electron chi connectivity index (χ3n) is 3.61. The Hall–Kier alpha value is -2.58. The number of ether oxygens (including phenoxy) is 2. The van der Waals surface area contributed by atoms with E-state index in [1.807, 2.05) is 6.92 Å². The van der Waals surface area contributed by atoms with Crippen LogP contribution in [0.15, 0.2) is 53.4 Å². The number of carbonyl (C=O) groups excluding carboxylic acids is 1. The molecule has 132 valence electrons. The summed E-state index contributed by atoms with van der Waals surface area (Å²) >= 11 is 0. The average Bonchev–Trinajstić information content (AvgIpc) is 2.61. The molecular formula is C17H18N2O5S. The summed E-state index contributed by atoms with van der Waals surface area (Å²) in [7, 11) is -3.76. The van der Waals surface area contributed by atoms with Crippen LogP contribution in [0.2, 0.25) is 0 Å². The monoisotopic (exact) mass is 362 g/mol. The van der Waals surface area contributed by atoms with Crippen molar-refractivity contribution in [3.8, 4) is 11.5 Å². The molecule has 0 fully saturated rings. The summed E-state index contributed by atoms with van der Waals surface area (Å²) < 4.78 is 38.0. The van der Waals surface area contributed by atoms with E-state index in [1.165, 1.54) is 12.1 Å². The van der Waals surface area contributed by atoms with Crippen LogP contribution < -0.4 is 19.5 Å². The summed E-state index contributed by atoms with van der Waals surface area (Å²) in [5, 5.41) is 2.69. The van der Waals surface area contributed by atoms with Crippen molar-refractivity contribution in [2.75, 3.05) is 18.5 Å². The third-order valence-corrected chi connectivity index (χ3v) is 5.05. The van der Waals surface area contributed by atoms with Crippen LogP contribution in [0.25, 0.3) is 0 Å². The number of rotatable bonds is 6. The van der Waals surface area contributed by atoms with Gasteiger partial charge >= 0.3 is 0 Å². The summed E-state index contributed by atoms with van der Waals surface area (Å²) in [6.45, 7) is 2.18. The topological polar surface area (TPSA) is 93.7 Å². The third kappa shape index (κ3) is 3.92. The number of sulfonamides is 1. The van der Waals surface area contributed by atoms with Gasteiger partial charge in [-0.2, -0.15) is 0 Å². The first kappa shape index (κ1) is 17.2. The highest BCUT2D eigenvalue weighted by Gasteiger charge is 2.29. The van der Waals surface area contributed by atoms with E-state index in [9.17, 15) is 13.2 Å². The van der Waals surface area contributed by atoms with Gasteiger partial charge in [0.1, 0.15) is 11.5 Å². The van der Waals surface area contributed by atoms with Crippen molar-refractivity contribution in [1.82, 2.24) is 4.72 Å². The van der Waals surface area contributed by atoms with Crippen molar-refractivity contribution in [2.45, 2.75) is 17.9 Å². The van der Waals surface area contributed by atoms with E-state index >= 15 is 0 Å². The van der Waals surface area contributed by atoms with E-state index in [-0.39, 0.29) is 11.4 Å². The van der Waals surface area contributed by atoms with E-state index in [0.717, 1.165) is 0 Å². The highest BCUT2D eigenvalue weighted by molar-refractivity contribution is 7.89. The molecule has 0 bridgehead atoms. The SMILES string of the molecule is CCOc1ccc(S(=O)(=O)NCC2Oc3ccccc3NC2=O)cc1. The van der Waals surface area contributed by atoms with Gasteiger partial charge in [0.15, 0.2) is 6.10 Å². The van der Waals surface area contributed by atoms with Gasteiger partial charge < -0.3 is 14.8 Å². The van der Waals surface area contributed by atoms with Crippen LogP contribution in [0.4, 0.5) is 5.69 Å². The Labute approximate surface area is 146 Å². The number of anilines is 1. The molecule has 0 saturated heterocycles. The Bertz CT molecular complexity index is 865. The molecule has 2 aromatic rings. The molecule has 0 spiro atoms. The molecule has 1 atom stereocenters. The Kier molecular flexibility index (Phi) is 4.91. The van der Waals surface area contributed by atoms with Crippen LogP contribution in [-0.2, 0) is 14.8 Å². The number of carbonyl (C=O) groups is 1. The predicted molar refractivity (Wildman–Crippen MR) is 92.3 cm³/mol. The molecule has 8 heteroatoms. The van der Waals surface area contributed by atoms with Crippen LogP contribution in [-0.4, -0.2) is 33.6 Å². The molecule has 0 aromatic heterocycles. The first-order valence-corrected chi connectivity index (χ1v) is 9.27. The van der Waals surface area contributed by atoms with Gasteiger partial charge in [-0.05, 0) is 43.3 Å². The molecule has 0 saturated carbocycles. The molecule has 1 amide bonds. The molecule has 3 rings (SSSR count). The summed E-state index contributed by atoms with van der Waals surface area (Å²) in [6, 6.07) is 13.0. The minimum Gasteiger partial charge on any atom is -0.494 e. The lowest BCUT2D eigenvalue weighted by Gasteiger charge is -2.25.